The first-order valence-corrected chi connectivity index (χ1v) is 6.65. The molecule has 0 unspecified atom stereocenters. The predicted molar refractivity (Wildman–Crippen MR) is 79.3 cm³/mol. The molecule has 0 aliphatic carbocycles. The lowest BCUT2D eigenvalue weighted by Crippen LogP contribution is -2.24. The highest BCUT2D eigenvalue weighted by Crippen LogP contribution is 2.15. The van der Waals surface area contributed by atoms with Crippen LogP contribution in [0.15, 0.2) is 47.4 Å². The van der Waals surface area contributed by atoms with Crippen molar-refractivity contribution < 1.29 is 0 Å². The maximum atomic E-state index is 12.7. The smallest absolute Gasteiger partial charge is 0.267 e. The quantitative estimate of drug-likeness (QED) is 0.715. The van der Waals surface area contributed by atoms with Gasteiger partial charge in [-0.1, -0.05) is 25.1 Å². The van der Waals surface area contributed by atoms with Crippen LogP contribution in [0.1, 0.15) is 18.3 Å². The standard InChI is InChI=1S/C16H15N3O/c1-3-14-18-15-12(8-6-10-17-15)16(20)19(14)13-9-5-4-7-11(13)2/h4-10H,3H2,1-2H3. The van der Waals surface area contributed by atoms with E-state index >= 15 is 0 Å². The van der Waals surface area contributed by atoms with Gasteiger partial charge in [0.1, 0.15) is 5.82 Å². The maximum Gasteiger partial charge on any atom is 0.267 e. The van der Waals surface area contributed by atoms with Crippen molar-refractivity contribution >= 4 is 11.0 Å². The number of benzene rings is 1. The van der Waals surface area contributed by atoms with Crippen LogP contribution in [0.2, 0.25) is 0 Å². The van der Waals surface area contributed by atoms with Gasteiger partial charge in [0.25, 0.3) is 5.56 Å². The second kappa shape index (κ2) is 4.89. The van der Waals surface area contributed by atoms with E-state index in [9.17, 15) is 4.79 Å². The van der Waals surface area contributed by atoms with E-state index in [4.69, 9.17) is 0 Å². The molecule has 0 radical (unpaired) electrons. The Bertz CT molecular complexity index is 836. The molecule has 3 aromatic rings. The molecule has 0 aliphatic rings. The first-order chi connectivity index (χ1) is 9.72. The van der Waals surface area contributed by atoms with Gasteiger partial charge in [0.15, 0.2) is 5.65 Å². The summed E-state index contributed by atoms with van der Waals surface area (Å²) in [5.74, 6) is 0.732. The highest BCUT2D eigenvalue weighted by atomic mass is 16.1. The number of fused-ring (bicyclic) bond motifs is 1. The van der Waals surface area contributed by atoms with E-state index in [0.717, 1.165) is 17.1 Å². The van der Waals surface area contributed by atoms with Crippen molar-refractivity contribution in [1.82, 2.24) is 14.5 Å². The summed E-state index contributed by atoms with van der Waals surface area (Å²) in [6.45, 7) is 3.99. The van der Waals surface area contributed by atoms with E-state index in [1.165, 1.54) is 0 Å². The lowest BCUT2D eigenvalue weighted by Gasteiger charge is -2.14. The third-order valence-electron chi connectivity index (χ3n) is 3.39. The third-order valence-corrected chi connectivity index (χ3v) is 3.39. The molecule has 100 valence electrons. The zero-order chi connectivity index (χ0) is 14.1. The minimum Gasteiger partial charge on any atom is -0.268 e. The van der Waals surface area contributed by atoms with E-state index in [2.05, 4.69) is 9.97 Å². The number of hydrogen-bond acceptors (Lipinski definition) is 3. The second-order valence-electron chi connectivity index (χ2n) is 4.68. The number of aromatic nitrogens is 3. The molecule has 4 heteroatoms. The van der Waals surface area contributed by atoms with Crippen molar-refractivity contribution in [2.45, 2.75) is 20.3 Å². The van der Waals surface area contributed by atoms with Gasteiger partial charge < -0.3 is 0 Å². The number of pyridine rings is 1. The first kappa shape index (κ1) is 12.5. The summed E-state index contributed by atoms with van der Waals surface area (Å²) in [4.78, 5) is 21.5. The molecule has 1 aromatic carbocycles. The third kappa shape index (κ3) is 1.90. The van der Waals surface area contributed by atoms with Gasteiger partial charge in [-0.05, 0) is 30.7 Å². The van der Waals surface area contributed by atoms with Crippen LogP contribution in [-0.4, -0.2) is 14.5 Å². The van der Waals surface area contributed by atoms with Crippen LogP contribution in [0, 0.1) is 6.92 Å². The average molecular weight is 265 g/mol. The van der Waals surface area contributed by atoms with E-state index in [0.29, 0.717) is 17.5 Å². The molecule has 0 spiro atoms. The SMILES string of the molecule is CCc1nc2ncccc2c(=O)n1-c1ccccc1C. The summed E-state index contributed by atoms with van der Waals surface area (Å²) in [5, 5.41) is 0.549. The van der Waals surface area contributed by atoms with Gasteiger partial charge in [0.2, 0.25) is 0 Å². The highest BCUT2D eigenvalue weighted by Gasteiger charge is 2.12. The molecule has 0 atom stereocenters. The number of rotatable bonds is 2. The molecular weight excluding hydrogens is 250 g/mol. The number of hydrogen-bond donors (Lipinski definition) is 0. The molecule has 2 heterocycles. The number of aryl methyl sites for hydroxylation is 2. The van der Waals surface area contributed by atoms with Crippen LogP contribution < -0.4 is 5.56 Å². The predicted octanol–water partition coefficient (Wildman–Crippen LogP) is 2.65. The molecule has 0 saturated carbocycles. The minimum atomic E-state index is -0.0609. The van der Waals surface area contributed by atoms with Crippen molar-refractivity contribution in [3.05, 3.63) is 64.3 Å². The summed E-state index contributed by atoms with van der Waals surface area (Å²) in [6, 6.07) is 11.4. The lowest BCUT2D eigenvalue weighted by molar-refractivity contribution is 0.825. The molecule has 4 nitrogen and oxygen atoms in total. The molecule has 0 bridgehead atoms. The maximum absolute atomic E-state index is 12.7. The Morgan fingerprint density at radius 1 is 1.15 bits per heavy atom. The van der Waals surface area contributed by atoms with E-state index in [1.807, 2.05) is 38.1 Å². The minimum absolute atomic E-state index is 0.0609. The molecule has 0 fully saturated rings. The summed E-state index contributed by atoms with van der Waals surface area (Å²) in [5.41, 5.74) is 2.38. The van der Waals surface area contributed by atoms with Crippen LogP contribution >= 0.6 is 0 Å². The van der Waals surface area contributed by atoms with Gasteiger partial charge in [-0.2, -0.15) is 0 Å². The van der Waals surface area contributed by atoms with Gasteiger partial charge in [-0.3, -0.25) is 9.36 Å². The zero-order valence-electron chi connectivity index (χ0n) is 11.5. The second-order valence-corrected chi connectivity index (χ2v) is 4.68. The van der Waals surface area contributed by atoms with Crippen molar-refractivity contribution in [1.29, 1.82) is 0 Å². The fourth-order valence-electron chi connectivity index (χ4n) is 2.36. The fraction of sp³-hybridized carbons (Fsp3) is 0.188. The molecule has 0 N–H and O–H groups in total. The molecule has 20 heavy (non-hydrogen) atoms. The summed E-state index contributed by atoms with van der Waals surface area (Å²) >= 11 is 0. The molecule has 0 aliphatic heterocycles. The van der Waals surface area contributed by atoms with Crippen LogP contribution in [-0.2, 0) is 6.42 Å². The van der Waals surface area contributed by atoms with E-state index in [1.54, 1.807) is 22.9 Å². The molecular formula is C16H15N3O. The first-order valence-electron chi connectivity index (χ1n) is 6.65. The Morgan fingerprint density at radius 2 is 1.95 bits per heavy atom. The molecule has 0 saturated heterocycles. The number of para-hydroxylation sites is 1. The Hall–Kier alpha value is -2.49. The summed E-state index contributed by atoms with van der Waals surface area (Å²) in [6.07, 6.45) is 2.34. The highest BCUT2D eigenvalue weighted by molar-refractivity contribution is 5.73. The van der Waals surface area contributed by atoms with Gasteiger partial charge in [-0.15, -0.1) is 0 Å². The topological polar surface area (TPSA) is 47.8 Å². The Labute approximate surface area is 116 Å². The largest absolute Gasteiger partial charge is 0.268 e. The molecule has 2 aromatic heterocycles. The lowest BCUT2D eigenvalue weighted by atomic mass is 10.2. The van der Waals surface area contributed by atoms with Crippen molar-refractivity contribution in [2.75, 3.05) is 0 Å². The summed E-state index contributed by atoms with van der Waals surface area (Å²) in [7, 11) is 0. The van der Waals surface area contributed by atoms with Crippen LogP contribution in [0.4, 0.5) is 0 Å². The van der Waals surface area contributed by atoms with Gasteiger partial charge in [-0.25, -0.2) is 9.97 Å². The van der Waals surface area contributed by atoms with Crippen LogP contribution in [0.25, 0.3) is 16.7 Å². The Morgan fingerprint density at radius 3 is 2.70 bits per heavy atom. The summed E-state index contributed by atoms with van der Waals surface area (Å²) < 4.78 is 1.69. The van der Waals surface area contributed by atoms with Crippen molar-refractivity contribution in [3.63, 3.8) is 0 Å². The Kier molecular flexibility index (Phi) is 3.06. The average Bonchev–Trinajstić information content (AvgIpc) is 2.48. The number of nitrogens with zero attached hydrogens (tertiary/aromatic N) is 3. The normalized spacial score (nSPS) is 10.9. The van der Waals surface area contributed by atoms with Crippen LogP contribution in [0.5, 0.6) is 0 Å². The van der Waals surface area contributed by atoms with Crippen LogP contribution in [0.3, 0.4) is 0 Å². The zero-order valence-corrected chi connectivity index (χ0v) is 11.5. The fourth-order valence-corrected chi connectivity index (χ4v) is 2.36. The monoisotopic (exact) mass is 265 g/mol. The van der Waals surface area contributed by atoms with Crippen molar-refractivity contribution in [2.24, 2.45) is 0 Å². The Balaban J connectivity index is 2.43. The van der Waals surface area contributed by atoms with Gasteiger partial charge in [0.05, 0.1) is 11.1 Å². The van der Waals surface area contributed by atoms with Gasteiger partial charge in [0, 0.05) is 12.6 Å². The molecule has 3 rings (SSSR count). The van der Waals surface area contributed by atoms with Gasteiger partial charge >= 0.3 is 0 Å². The van der Waals surface area contributed by atoms with Crippen molar-refractivity contribution in [3.8, 4) is 5.69 Å². The molecule has 0 amide bonds. The van der Waals surface area contributed by atoms with E-state index < -0.39 is 0 Å². The van der Waals surface area contributed by atoms with E-state index in [-0.39, 0.29) is 5.56 Å².